The lowest BCUT2D eigenvalue weighted by molar-refractivity contribution is 0.0669. The first-order valence-corrected chi connectivity index (χ1v) is 4.00. The summed E-state index contributed by atoms with van der Waals surface area (Å²) in [5.41, 5.74) is 0. The van der Waals surface area contributed by atoms with E-state index in [0.717, 1.165) is 13.1 Å². The molecule has 1 aromatic heterocycles. The molecule has 0 aliphatic carbocycles. The van der Waals surface area contributed by atoms with Crippen molar-refractivity contribution < 1.29 is 4.79 Å². The number of nitrogens with zero attached hydrogens (tertiary/aromatic N) is 4. The summed E-state index contributed by atoms with van der Waals surface area (Å²) in [5, 5.41) is 15.9. The van der Waals surface area contributed by atoms with Crippen LogP contribution in [0.25, 0.3) is 0 Å². The minimum absolute atomic E-state index is 0.120. The van der Waals surface area contributed by atoms with Crippen LogP contribution in [0.3, 0.4) is 0 Å². The second-order valence-electron chi connectivity index (χ2n) is 2.96. The molecule has 2 heterocycles. The lowest BCUT2D eigenvalue weighted by atomic mass is 10.1. The fourth-order valence-electron chi connectivity index (χ4n) is 1.12. The van der Waals surface area contributed by atoms with Crippen molar-refractivity contribution >= 4 is 5.91 Å². The Kier molecular flexibility index (Phi) is 1.93. The van der Waals surface area contributed by atoms with E-state index in [1.807, 2.05) is 0 Å². The number of nitrogens with one attached hydrogen (secondary N) is 2. The highest BCUT2D eigenvalue weighted by molar-refractivity contribution is 5.90. The van der Waals surface area contributed by atoms with Crippen LogP contribution in [0.1, 0.15) is 10.6 Å². The van der Waals surface area contributed by atoms with E-state index < -0.39 is 0 Å². The second-order valence-corrected chi connectivity index (χ2v) is 2.96. The summed E-state index contributed by atoms with van der Waals surface area (Å²) in [6.45, 7) is 1.67. The maximum absolute atomic E-state index is 11.6. The van der Waals surface area contributed by atoms with Crippen molar-refractivity contribution in [3.63, 3.8) is 0 Å². The summed E-state index contributed by atoms with van der Waals surface area (Å²) in [7, 11) is 1.74. The van der Waals surface area contributed by atoms with Gasteiger partial charge in [-0.15, -0.1) is 10.2 Å². The van der Waals surface area contributed by atoms with E-state index >= 15 is 0 Å². The van der Waals surface area contributed by atoms with E-state index in [0.29, 0.717) is 0 Å². The van der Waals surface area contributed by atoms with Gasteiger partial charge in [-0.2, -0.15) is 5.21 Å². The molecular formula is C6H10N6O. The molecule has 1 aromatic rings. The summed E-state index contributed by atoms with van der Waals surface area (Å²) in [4.78, 5) is 13.2. The molecule has 2 N–H and O–H groups in total. The maximum atomic E-state index is 11.6. The molecule has 0 unspecified atom stereocenters. The molecule has 0 atom stereocenters. The molecular weight excluding hydrogens is 172 g/mol. The summed E-state index contributed by atoms with van der Waals surface area (Å²) in [5.74, 6) is -0.0744. The zero-order valence-electron chi connectivity index (χ0n) is 7.19. The van der Waals surface area contributed by atoms with Crippen molar-refractivity contribution in [1.82, 2.24) is 30.8 Å². The number of H-pyrrole nitrogens is 1. The van der Waals surface area contributed by atoms with Crippen LogP contribution in [0.15, 0.2) is 0 Å². The summed E-state index contributed by atoms with van der Waals surface area (Å²) >= 11 is 0. The van der Waals surface area contributed by atoms with Gasteiger partial charge < -0.3 is 10.2 Å². The molecule has 1 aliphatic rings. The number of tetrazole rings is 1. The Morgan fingerprint density at radius 3 is 2.85 bits per heavy atom. The number of amides is 1. The van der Waals surface area contributed by atoms with Gasteiger partial charge in [0.1, 0.15) is 0 Å². The van der Waals surface area contributed by atoms with Crippen LogP contribution in [0.5, 0.6) is 0 Å². The Hall–Kier alpha value is -1.50. The van der Waals surface area contributed by atoms with E-state index in [1.165, 1.54) is 0 Å². The van der Waals surface area contributed by atoms with Crippen molar-refractivity contribution in [3.8, 4) is 0 Å². The quantitative estimate of drug-likeness (QED) is 0.566. The van der Waals surface area contributed by atoms with Gasteiger partial charge in [0, 0.05) is 20.1 Å². The zero-order chi connectivity index (χ0) is 9.26. The SMILES string of the molecule is CN(C(=O)c1nn[nH]n1)C1CNC1. The first kappa shape index (κ1) is 8.11. The molecule has 2 rings (SSSR count). The van der Waals surface area contributed by atoms with Gasteiger partial charge in [0.05, 0.1) is 6.04 Å². The third-order valence-electron chi connectivity index (χ3n) is 2.16. The Morgan fingerprint density at radius 2 is 2.38 bits per heavy atom. The van der Waals surface area contributed by atoms with Crippen LogP contribution in [-0.4, -0.2) is 57.6 Å². The molecule has 1 amide bonds. The van der Waals surface area contributed by atoms with Crippen molar-refractivity contribution in [2.45, 2.75) is 6.04 Å². The van der Waals surface area contributed by atoms with Gasteiger partial charge in [-0.05, 0) is 5.21 Å². The van der Waals surface area contributed by atoms with Crippen LogP contribution in [-0.2, 0) is 0 Å². The average Bonchev–Trinajstić information content (AvgIpc) is 2.51. The van der Waals surface area contributed by atoms with E-state index in [9.17, 15) is 4.79 Å². The van der Waals surface area contributed by atoms with Gasteiger partial charge in [-0.3, -0.25) is 4.79 Å². The number of hydrogen-bond donors (Lipinski definition) is 2. The summed E-state index contributed by atoms with van der Waals surface area (Å²) in [6.07, 6.45) is 0. The molecule has 1 aliphatic heterocycles. The van der Waals surface area contributed by atoms with Gasteiger partial charge in [-0.25, -0.2) is 0 Å². The largest absolute Gasteiger partial charge is 0.333 e. The first-order valence-electron chi connectivity index (χ1n) is 4.00. The van der Waals surface area contributed by atoms with Gasteiger partial charge >= 0.3 is 0 Å². The Bertz CT molecular complexity index is 292. The van der Waals surface area contributed by atoms with E-state index in [-0.39, 0.29) is 17.8 Å². The summed E-state index contributed by atoms with van der Waals surface area (Å²) < 4.78 is 0. The van der Waals surface area contributed by atoms with Gasteiger partial charge in [0.2, 0.25) is 0 Å². The van der Waals surface area contributed by atoms with E-state index in [1.54, 1.807) is 11.9 Å². The molecule has 7 nitrogen and oxygen atoms in total. The average molecular weight is 182 g/mol. The molecule has 0 spiro atoms. The number of likely N-dealkylation sites (N-methyl/N-ethyl adjacent to an activating group) is 1. The van der Waals surface area contributed by atoms with Crippen LogP contribution in [0.4, 0.5) is 0 Å². The van der Waals surface area contributed by atoms with E-state index in [4.69, 9.17) is 0 Å². The molecule has 7 heteroatoms. The summed E-state index contributed by atoms with van der Waals surface area (Å²) in [6, 6.07) is 0.256. The molecule has 70 valence electrons. The smallest absolute Gasteiger partial charge is 0.295 e. The number of carbonyl (C=O) groups excluding carboxylic acids is 1. The van der Waals surface area contributed by atoms with Crippen LogP contribution >= 0.6 is 0 Å². The highest BCUT2D eigenvalue weighted by Gasteiger charge is 2.27. The van der Waals surface area contributed by atoms with Gasteiger partial charge in [-0.1, -0.05) is 0 Å². The van der Waals surface area contributed by atoms with Crippen molar-refractivity contribution in [3.05, 3.63) is 5.82 Å². The molecule has 0 bridgehead atoms. The van der Waals surface area contributed by atoms with Crippen LogP contribution in [0, 0.1) is 0 Å². The lowest BCUT2D eigenvalue weighted by Gasteiger charge is -2.34. The highest BCUT2D eigenvalue weighted by atomic mass is 16.2. The molecule has 0 aromatic carbocycles. The first-order chi connectivity index (χ1) is 6.29. The second kappa shape index (κ2) is 3.09. The fraction of sp³-hybridized carbons (Fsp3) is 0.667. The van der Waals surface area contributed by atoms with Crippen LogP contribution < -0.4 is 5.32 Å². The number of carbonyl (C=O) groups is 1. The molecule has 13 heavy (non-hydrogen) atoms. The highest BCUT2D eigenvalue weighted by Crippen LogP contribution is 2.04. The molecule has 1 fully saturated rings. The van der Waals surface area contributed by atoms with Crippen molar-refractivity contribution in [2.75, 3.05) is 20.1 Å². The van der Waals surface area contributed by atoms with Crippen molar-refractivity contribution in [1.29, 1.82) is 0 Å². The number of aromatic nitrogens is 4. The Morgan fingerprint density at radius 1 is 1.62 bits per heavy atom. The lowest BCUT2D eigenvalue weighted by Crippen LogP contribution is -2.57. The minimum atomic E-state index is -0.194. The van der Waals surface area contributed by atoms with Crippen LogP contribution in [0.2, 0.25) is 0 Å². The maximum Gasteiger partial charge on any atom is 0.295 e. The van der Waals surface area contributed by atoms with Crippen molar-refractivity contribution in [2.24, 2.45) is 0 Å². The standard InChI is InChI=1S/C6H10N6O/c1-12(4-2-7-3-4)6(13)5-8-10-11-9-5/h4,7H,2-3H2,1H3,(H,8,9,10,11). The van der Waals surface area contributed by atoms with Gasteiger partial charge in [0.15, 0.2) is 0 Å². The molecule has 0 radical (unpaired) electrons. The zero-order valence-corrected chi connectivity index (χ0v) is 7.19. The third-order valence-corrected chi connectivity index (χ3v) is 2.16. The Balaban J connectivity index is 2.04. The number of rotatable bonds is 2. The number of hydrogen-bond acceptors (Lipinski definition) is 5. The predicted octanol–water partition coefficient (Wildman–Crippen LogP) is -1.76. The molecule has 1 saturated heterocycles. The fourth-order valence-corrected chi connectivity index (χ4v) is 1.12. The normalized spacial score (nSPS) is 16.7. The minimum Gasteiger partial charge on any atom is -0.333 e. The number of aromatic amines is 1. The molecule has 0 saturated carbocycles. The van der Waals surface area contributed by atoms with Gasteiger partial charge in [0.25, 0.3) is 11.7 Å². The third kappa shape index (κ3) is 1.37. The predicted molar refractivity (Wildman–Crippen MR) is 42.9 cm³/mol. The topological polar surface area (TPSA) is 86.8 Å². The monoisotopic (exact) mass is 182 g/mol. The Labute approximate surface area is 74.5 Å². The van der Waals surface area contributed by atoms with E-state index in [2.05, 4.69) is 25.9 Å².